The van der Waals surface area contributed by atoms with Gasteiger partial charge in [-0.05, 0) is 36.6 Å². The summed E-state index contributed by atoms with van der Waals surface area (Å²) in [7, 11) is 0. The predicted molar refractivity (Wildman–Crippen MR) is 106 cm³/mol. The molecule has 0 saturated heterocycles. The molecule has 0 spiro atoms. The summed E-state index contributed by atoms with van der Waals surface area (Å²) in [5, 5.41) is 2.47. The van der Waals surface area contributed by atoms with Gasteiger partial charge in [0.1, 0.15) is 5.70 Å². The lowest BCUT2D eigenvalue weighted by molar-refractivity contribution is -0.144. The van der Waals surface area contributed by atoms with Crippen LogP contribution < -0.4 is 10.2 Å². The molecule has 1 atom stereocenters. The smallest absolute Gasteiger partial charge is 0.355 e. The van der Waals surface area contributed by atoms with Gasteiger partial charge in [0.15, 0.2) is 6.61 Å². The Morgan fingerprint density at radius 3 is 2.50 bits per heavy atom. The maximum absolute atomic E-state index is 12.7. The van der Waals surface area contributed by atoms with Crippen molar-refractivity contribution >= 4 is 29.5 Å². The highest BCUT2D eigenvalue weighted by atomic mass is 16.5. The molecular formula is C22H22N2O4. The predicted octanol–water partition coefficient (Wildman–Crippen LogP) is 2.68. The van der Waals surface area contributed by atoms with Crippen LogP contribution in [0.3, 0.4) is 0 Å². The summed E-state index contributed by atoms with van der Waals surface area (Å²) in [4.78, 5) is 38.2. The fraction of sp³-hybridized carbons (Fsp3) is 0.227. The summed E-state index contributed by atoms with van der Waals surface area (Å²) in [6, 6.07) is 16.8. The monoisotopic (exact) mass is 378 g/mol. The van der Waals surface area contributed by atoms with E-state index in [4.69, 9.17) is 4.74 Å². The first-order valence-corrected chi connectivity index (χ1v) is 9.07. The molecule has 0 aliphatic carbocycles. The molecule has 0 unspecified atom stereocenters. The average Bonchev–Trinajstić information content (AvgIpc) is 3.01. The van der Waals surface area contributed by atoms with E-state index in [1.807, 2.05) is 49.4 Å². The van der Waals surface area contributed by atoms with Crippen molar-refractivity contribution in [3.8, 4) is 0 Å². The number of benzene rings is 2. The van der Waals surface area contributed by atoms with Crippen LogP contribution in [0, 0.1) is 0 Å². The maximum Gasteiger partial charge on any atom is 0.355 e. The van der Waals surface area contributed by atoms with Crippen molar-refractivity contribution in [1.82, 2.24) is 5.32 Å². The number of nitrogens with zero attached hydrogens (tertiary/aromatic N) is 1. The number of fused-ring (bicyclic) bond motifs is 1. The maximum atomic E-state index is 12.7. The Labute approximate surface area is 163 Å². The van der Waals surface area contributed by atoms with Crippen molar-refractivity contribution in [1.29, 1.82) is 0 Å². The number of hydrogen-bond acceptors (Lipinski definition) is 4. The number of carbonyl (C=O) groups excluding carboxylic acids is 3. The molecule has 0 aromatic heterocycles. The second-order valence-electron chi connectivity index (χ2n) is 6.67. The topological polar surface area (TPSA) is 75.7 Å². The molecule has 0 fully saturated rings. The van der Waals surface area contributed by atoms with E-state index in [0.717, 1.165) is 23.2 Å². The van der Waals surface area contributed by atoms with Crippen molar-refractivity contribution in [3.05, 3.63) is 71.4 Å². The zero-order chi connectivity index (χ0) is 20.1. The molecule has 1 N–H and O–H groups in total. The fourth-order valence-corrected chi connectivity index (χ4v) is 3.27. The molecule has 2 aromatic carbocycles. The Balaban J connectivity index is 1.70. The molecule has 2 amide bonds. The first kappa shape index (κ1) is 19.4. The van der Waals surface area contributed by atoms with Crippen molar-refractivity contribution in [3.63, 3.8) is 0 Å². The number of rotatable bonds is 5. The minimum absolute atomic E-state index is 0.00159. The van der Waals surface area contributed by atoms with Gasteiger partial charge in [-0.1, -0.05) is 48.5 Å². The van der Waals surface area contributed by atoms with E-state index in [2.05, 4.69) is 5.32 Å². The van der Waals surface area contributed by atoms with E-state index in [1.54, 1.807) is 17.0 Å². The molecule has 6 nitrogen and oxygen atoms in total. The van der Waals surface area contributed by atoms with Gasteiger partial charge >= 0.3 is 5.97 Å². The van der Waals surface area contributed by atoms with Crippen molar-refractivity contribution in [2.75, 3.05) is 11.5 Å². The van der Waals surface area contributed by atoms with Gasteiger partial charge in [0.2, 0.25) is 5.91 Å². The minimum atomic E-state index is -0.757. The summed E-state index contributed by atoms with van der Waals surface area (Å²) >= 11 is 0. The van der Waals surface area contributed by atoms with Crippen LogP contribution in [0.4, 0.5) is 5.69 Å². The summed E-state index contributed by atoms with van der Waals surface area (Å²) < 4.78 is 5.20. The van der Waals surface area contributed by atoms with Crippen LogP contribution in [0.2, 0.25) is 0 Å². The Kier molecular flexibility index (Phi) is 5.89. The van der Waals surface area contributed by atoms with Gasteiger partial charge in [-0.2, -0.15) is 0 Å². The molecule has 6 heteroatoms. The van der Waals surface area contributed by atoms with E-state index in [1.165, 1.54) is 13.0 Å². The first-order chi connectivity index (χ1) is 13.5. The van der Waals surface area contributed by atoms with Gasteiger partial charge in [-0.15, -0.1) is 0 Å². The molecule has 1 aliphatic heterocycles. The van der Waals surface area contributed by atoms with Crippen molar-refractivity contribution < 1.29 is 19.1 Å². The Bertz CT molecular complexity index is 921. The second-order valence-corrected chi connectivity index (χ2v) is 6.67. The lowest BCUT2D eigenvalue weighted by Crippen LogP contribution is -2.39. The zero-order valence-corrected chi connectivity index (χ0v) is 15.8. The van der Waals surface area contributed by atoms with Crippen LogP contribution in [0.1, 0.15) is 25.0 Å². The van der Waals surface area contributed by atoms with Crippen LogP contribution in [-0.4, -0.2) is 30.4 Å². The molecule has 144 valence electrons. The number of nitrogens with one attached hydrogen (secondary N) is 1. The van der Waals surface area contributed by atoms with Gasteiger partial charge in [-0.25, -0.2) is 4.79 Å². The van der Waals surface area contributed by atoms with Gasteiger partial charge in [0, 0.05) is 18.7 Å². The highest BCUT2D eigenvalue weighted by Gasteiger charge is 2.31. The number of esters is 1. The van der Waals surface area contributed by atoms with Crippen LogP contribution in [-0.2, 0) is 25.5 Å². The van der Waals surface area contributed by atoms with Crippen LogP contribution in [0.25, 0.3) is 6.08 Å². The van der Waals surface area contributed by atoms with Crippen LogP contribution in [0.15, 0.2) is 60.3 Å². The normalized spacial score (nSPS) is 15.7. The van der Waals surface area contributed by atoms with Gasteiger partial charge in [-0.3, -0.25) is 9.59 Å². The van der Waals surface area contributed by atoms with E-state index >= 15 is 0 Å². The number of ether oxygens (including phenoxy) is 1. The number of para-hydroxylation sites is 1. The zero-order valence-electron chi connectivity index (χ0n) is 15.8. The first-order valence-electron chi connectivity index (χ1n) is 9.07. The van der Waals surface area contributed by atoms with Crippen LogP contribution >= 0.6 is 0 Å². The molecule has 0 bridgehead atoms. The van der Waals surface area contributed by atoms with Crippen LogP contribution in [0.5, 0.6) is 0 Å². The molecule has 0 saturated carbocycles. The largest absolute Gasteiger partial charge is 0.451 e. The number of carbonyl (C=O) groups is 3. The molecule has 28 heavy (non-hydrogen) atoms. The molecular weight excluding hydrogens is 356 g/mol. The number of hydrogen-bond donors (Lipinski definition) is 1. The SMILES string of the molecule is CC(=O)N/C(=C\c1ccccc1)C(=O)OCC(=O)N1c2ccccc2C[C@@H]1C. The molecule has 3 rings (SSSR count). The third-order valence-corrected chi connectivity index (χ3v) is 4.44. The van der Waals surface area contributed by atoms with E-state index < -0.39 is 18.5 Å². The molecule has 1 aliphatic rings. The third-order valence-electron chi connectivity index (χ3n) is 4.44. The summed E-state index contributed by atoms with van der Waals surface area (Å²) in [6.45, 7) is 2.86. The standard InChI is InChI=1S/C22H22N2O4/c1-15-12-18-10-6-7-11-20(18)24(15)21(26)14-28-22(27)19(23-16(2)25)13-17-8-4-3-5-9-17/h3-11,13,15H,12,14H2,1-2H3,(H,23,25)/b19-13-/t15-/m0/s1. The fourth-order valence-electron chi connectivity index (χ4n) is 3.27. The number of anilines is 1. The Morgan fingerprint density at radius 2 is 1.79 bits per heavy atom. The summed E-state index contributed by atoms with van der Waals surface area (Å²) in [5.74, 6) is -1.45. The van der Waals surface area contributed by atoms with Gasteiger partial charge in [0.05, 0.1) is 0 Å². The highest BCUT2D eigenvalue weighted by molar-refractivity contribution is 6.01. The highest BCUT2D eigenvalue weighted by Crippen LogP contribution is 2.31. The minimum Gasteiger partial charge on any atom is -0.451 e. The third kappa shape index (κ3) is 4.46. The van der Waals surface area contributed by atoms with Gasteiger partial charge in [0.25, 0.3) is 5.91 Å². The number of amides is 2. The van der Waals surface area contributed by atoms with Gasteiger partial charge < -0.3 is 15.0 Å². The average molecular weight is 378 g/mol. The van der Waals surface area contributed by atoms with E-state index in [9.17, 15) is 14.4 Å². The van der Waals surface area contributed by atoms with Crippen molar-refractivity contribution in [2.45, 2.75) is 26.3 Å². The summed E-state index contributed by atoms with van der Waals surface area (Å²) in [6.07, 6.45) is 2.28. The molecule has 2 aromatic rings. The lowest BCUT2D eigenvalue weighted by atomic mass is 10.1. The Morgan fingerprint density at radius 1 is 1.11 bits per heavy atom. The van der Waals surface area contributed by atoms with Crippen molar-refractivity contribution in [2.24, 2.45) is 0 Å². The lowest BCUT2D eigenvalue weighted by Gasteiger charge is -2.22. The molecule has 1 heterocycles. The van der Waals surface area contributed by atoms with E-state index in [-0.39, 0.29) is 17.6 Å². The summed E-state index contributed by atoms with van der Waals surface area (Å²) in [5.41, 5.74) is 2.66. The van der Waals surface area contributed by atoms with E-state index in [0.29, 0.717) is 0 Å². The molecule has 0 radical (unpaired) electrons. The second kappa shape index (κ2) is 8.52. The quantitative estimate of drug-likeness (QED) is 0.641. The Hall–Kier alpha value is -3.41.